The third kappa shape index (κ3) is 3.72. The molecule has 0 fully saturated rings. The largest absolute Gasteiger partial charge is 0.305 e. The lowest BCUT2D eigenvalue weighted by molar-refractivity contribution is 0.102. The van der Waals surface area contributed by atoms with Gasteiger partial charge < -0.3 is 5.32 Å². The van der Waals surface area contributed by atoms with Crippen LogP contribution in [-0.4, -0.2) is 15.7 Å². The van der Waals surface area contributed by atoms with Crippen LogP contribution in [0.3, 0.4) is 0 Å². The Hall–Kier alpha value is -3.58. The maximum Gasteiger partial charge on any atom is 0.266 e. The van der Waals surface area contributed by atoms with E-state index in [0.717, 1.165) is 0 Å². The number of carbonyl (C=O) groups is 1. The lowest BCUT2D eigenvalue weighted by atomic mass is 10.1. The van der Waals surface area contributed by atoms with Crippen LogP contribution in [0.4, 0.5) is 10.2 Å². The summed E-state index contributed by atoms with van der Waals surface area (Å²) < 4.78 is 14.9. The van der Waals surface area contributed by atoms with Crippen molar-refractivity contribution in [2.75, 3.05) is 5.32 Å². The van der Waals surface area contributed by atoms with Gasteiger partial charge in [-0.25, -0.2) is 9.07 Å². The van der Waals surface area contributed by atoms with Crippen LogP contribution < -0.4 is 10.7 Å². The molecule has 0 bridgehead atoms. The van der Waals surface area contributed by atoms with Gasteiger partial charge >= 0.3 is 0 Å². The van der Waals surface area contributed by atoms with Crippen LogP contribution >= 0.6 is 11.3 Å². The second kappa shape index (κ2) is 7.81. The highest BCUT2D eigenvalue weighted by Gasteiger charge is 2.21. The van der Waals surface area contributed by atoms with E-state index in [1.54, 1.807) is 48.7 Å². The Morgan fingerprint density at radius 3 is 2.41 bits per heavy atom. The van der Waals surface area contributed by atoms with Crippen LogP contribution in [0.25, 0.3) is 16.8 Å². The molecule has 2 heterocycles. The number of anilines is 1. The summed E-state index contributed by atoms with van der Waals surface area (Å²) in [6.45, 7) is 1.61. The molecule has 0 spiro atoms. The van der Waals surface area contributed by atoms with E-state index in [1.165, 1.54) is 28.2 Å². The van der Waals surface area contributed by atoms with Crippen molar-refractivity contribution in [1.29, 1.82) is 0 Å². The molecule has 4 rings (SSSR count). The molecular formula is C22H16FN3O2S. The summed E-state index contributed by atoms with van der Waals surface area (Å²) in [4.78, 5) is 26.3. The molecule has 2 aromatic heterocycles. The van der Waals surface area contributed by atoms with Crippen LogP contribution in [0.2, 0.25) is 0 Å². The van der Waals surface area contributed by atoms with Crippen molar-refractivity contribution in [3.8, 4) is 16.8 Å². The number of nitrogens with one attached hydrogen (secondary N) is 1. The average molecular weight is 405 g/mol. The summed E-state index contributed by atoms with van der Waals surface area (Å²) >= 11 is 1.29. The second-order valence-electron chi connectivity index (χ2n) is 6.32. The third-order valence-corrected chi connectivity index (χ3v) is 5.23. The van der Waals surface area contributed by atoms with Gasteiger partial charge in [0, 0.05) is 0 Å². The molecule has 0 aliphatic heterocycles. The first-order valence-corrected chi connectivity index (χ1v) is 9.72. The van der Waals surface area contributed by atoms with Gasteiger partial charge in [0.15, 0.2) is 0 Å². The highest BCUT2D eigenvalue weighted by atomic mass is 32.1. The van der Waals surface area contributed by atoms with Gasteiger partial charge in [0.05, 0.1) is 16.1 Å². The predicted molar refractivity (Wildman–Crippen MR) is 112 cm³/mol. The highest BCUT2D eigenvalue weighted by molar-refractivity contribution is 7.12. The number of hydrogen-bond donors (Lipinski definition) is 1. The predicted octanol–water partition coefficient (Wildman–Crippen LogP) is 4.66. The van der Waals surface area contributed by atoms with E-state index < -0.39 is 0 Å². The summed E-state index contributed by atoms with van der Waals surface area (Å²) in [5.74, 6) is -0.506. The van der Waals surface area contributed by atoms with E-state index in [9.17, 15) is 14.0 Å². The van der Waals surface area contributed by atoms with Crippen LogP contribution in [0, 0.1) is 12.7 Å². The minimum absolute atomic E-state index is 0.233. The molecule has 1 N–H and O–H groups in total. The molecule has 4 aromatic rings. The van der Waals surface area contributed by atoms with Crippen LogP contribution in [0.15, 0.2) is 76.9 Å². The summed E-state index contributed by atoms with van der Waals surface area (Å²) in [5, 5.41) is 9.00. The molecule has 0 atom stereocenters. The molecule has 7 heteroatoms. The van der Waals surface area contributed by atoms with Crippen molar-refractivity contribution in [1.82, 2.24) is 9.78 Å². The van der Waals surface area contributed by atoms with E-state index in [1.807, 2.05) is 18.2 Å². The molecule has 144 valence electrons. The SMILES string of the molecule is Cc1nn(-c2ccc(F)cc2)c(NC(=O)c2cccs2)c(-c2ccccc2)c1=O. The van der Waals surface area contributed by atoms with E-state index in [2.05, 4.69) is 10.4 Å². The molecule has 0 aliphatic rings. The zero-order valence-corrected chi connectivity index (χ0v) is 16.2. The molecule has 0 radical (unpaired) electrons. The van der Waals surface area contributed by atoms with Crippen molar-refractivity contribution >= 4 is 23.1 Å². The Labute approximate surface area is 170 Å². The Bertz CT molecular complexity index is 1220. The molecule has 0 unspecified atom stereocenters. The van der Waals surface area contributed by atoms with Gasteiger partial charge in [-0.05, 0) is 48.2 Å². The summed E-state index contributed by atoms with van der Waals surface area (Å²) in [6, 6.07) is 18.2. The number of thiophene rings is 1. The summed E-state index contributed by atoms with van der Waals surface area (Å²) in [5.41, 5.74) is 1.49. The first-order valence-electron chi connectivity index (χ1n) is 8.85. The van der Waals surface area contributed by atoms with Gasteiger partial charge in [-0.15, -0.1) is 11.3 Å². The van der Waals surface area contributed by atoms with Crippen molar-refractivity contribution in [3.05, 3.63) is 98.7 Å². The fraction of sp³-hybridized carbons (Fsp3) is 0.0455. The highest BCUT2D eigenvalue weighted by Crippen LogP contribution is 2.28. The Morgan fingerprint density at radius 1 is 1.03 bits per heavy atom. The van der Waals surface area contributed by atoms with Crippen molar-refractivity contribution in [2.24, 2.45) is 0 Å². The third-order valence-electron chi connectivity index (χ3n) is 4.36. The Kier molecular flexibility index (Phi) is 5.05. The maximum absolute atomic E-state index is 13.4. The van der Waals surface area contributed by atoms with E-state index in [4.69, 9.17) is 0 Å². The lowest BCUT2D eigenvalue weighted by Crippen LogP contribution is -2.24. The fourth-order valence-electron chi connectivity index (χ4n) is 2.97. The number of benzene rings is 2. The number of hydrogen-bond acceptors (Lipinski definition) is 4. The van der Waals surface area contributed by atoms with Crippen molar-refractivity contribution in [2.45, 2.75) is 6.92 Å². The monoisotopic (exact) mass is 405 g/mol. The molecule has 0 saturated carbocycles. The zero-order valence-electron chi connectivity index (χ0n) is 15.4. The van der Waals surface area contributed by atoms with Gasteiger partial charge in [-0.1, -0.05) is 36.4 Å². The minimum atomic E-state index is -0.390. The normalized spacial score (nSPS) is 10.7. The van der Waals surface area contributed by atoms with E-state index >= 15 is 0 Å². The number of rotatable bonds is 4. The molecule has 2 aromatic carbocycles. The smallest absolute Gasteiger partial charge is 0.266 e. The van der Waals surface area contributed by atoms with Gasteiger partial charge in [0.2, 0.25) is 5.43 Å². The fourth-order valence-corrected chi connectivity index (χ4v) is 3.59. The number of carbonyl (C=O) groups excluding carboxylic acids is 1. The lowest BCUT2D eigenvalue weighted by Gasteiger charge is -2.18. The molecule has 5 nitrogen and oxygen atoms in total. The van der Waals surface area contributed by atoms with Crippen LogP contribution in [-0.2, 0) is 0 Å². The van der Waals surface area contributed by atoms with Gasteiger partial charge in [-0.2, -0.15) is 5.10 Å². The van der Waals surface area contributed by atoms with Crippen LogP contribution in [0.1, 0.15) is 15.4 Å². The Balaban J connectivity index is 1.97. The molecule has 0 aliphatic carbocycles. The summed E-state index contributed by atoms with van der Waals surface area (Å²) in [7, 11) is 0. The van der Waals surface area contributed by atoms with Crippen LogP contribution in [0.5, 0.6) is 0 Å². The van der Waals surface area contributed by atoms with Gasteiger partial charge in [-0.3, -0.25) is 9.59 Å². The molecular weight excluding hydrogens is 389 g/mol. The topological polar surface area (TPSA) is 64.0 Å². The quantitative estimate of drug-likeness (QED) is 0.537. The number of amides is 1. The first kappa shape index (κ1) is 18.8. The first-order chi connectivity index (χ1) is 14.0. The summed E-state index contributed by atoms with van der Waals surface area (Å²) in [6.07, 6.45) is 0. The average Bonchev–Trinajstić information content (AvgIpc) is 3.27. The zero-order chi connectivity index (χ0) is 20.4. The van der Waals surface area contributed by atoms with Crippen molar-refractivity contribution in [3.63, 3.8) is 0 Å². The number of aryl methyl sites for hydroxylation is 1. The Morgan fingerprint density at radius 2 is 1.76 bits per heavy atom. The van der Waals surface area contributed by atoms with Gasteiger partial charge in [0.1, 0.15) is 17.3 Å². The maximum atomic E-state index is 13.4. The standard InChI is InChI=1S/C22H16FN3O2S/c1-14-20(27)19(15-6-3-2-4-7-15)21(24-22(28)18-8-5-13-29-18)26(25-14)17-11-9-16(23)10-12-17/h2-13H,1H3,(H,24,28). The molecule has 29 heavy (non-hydrogen) atoms. The molecule has 1 amide bonds. The number of halogens is 1. The van der Waals surface area contributed by atoms with Gasteiger partial charge in [0.25, 0.3) is 5.91 Å². The van der Waals surface area contributed by atoms with E-state index in [-0.39, 0.29) is 28.7 Å². The minimum Gasteiger partial charge on any atom is -0.305 e. The second-order valence-corrected chi connectivity index (χ2v) is 7.27. The van der Waals surface area contributed by atoms with Crippen molar-refractivity contribution < 1.29 is 9.18 Å². The van der Waals surface area contributed by atoms with E-state index in [0.29, 0.717) is 21.7 Å². The molecule has 0 saturated heterocycles. The number of nitrogens with zero attached hydrogens (tertiary/aromatic N) is 2. The number of aromatic nitrogens is 2.